The van der Waals surface area contributed by atoms with Crippen LogP contribution < -0.4 is 15.0 Å². The molecule has 1 aliphatic rings. The molecule has 32 heavy (non-hydrogen) atoms. The van der Waals surface area contributed by atoms with Crippen molar-refractivity contribution in [2.24, 2.45) is 0 Å². The zero-order valence-corrected chi connectivity index (χ0v) is 19.7. The number of rotatable bonds is 7. The van der Waals surface area contributed by atoms with Crippen LogP contribution in [0.1, 0.15) is 21.5 Å². The van der Waals surface area contributed by atoms with Gasteiger partial charge in [-0.05, 0) is 36.9 Å². The summed E-state index contributed by atoms with van der Waals surface area (Å²) in [5.41, 5.74) is 2.50. The first-order valence-electron chi connectivity index (χ1n) is 10.7. The highest BCUT2D eigenvalue weighted by Gasteiger charge is 2.16. The van der Waals surface area contributed by atoms with Gasteiger partial charge in [-0.15, -0.1) is 0 Å². The summed E-state index contributed by atoms with van der Waals surface area (Å²) in [7, 11) is 2.14. The van der Waals surface area contributed by atoms with Crippen molar-refractivity contribution in [3.63, 3.8) is 0 Å². The van der Waals surface area contributed by atoms with E-state index in [1.807, 2.05) is 60.8 Å². The fourth-order valence-electron chi connectivity index (χ4n) is 3.57. The van der Waals surface area contributed by atoms with Gasteiger partial charge in [-0.3, -0.25) is 4.79 Å². The lowest BCUT2D eigenvalue weighted by molar-refractivity contribution is 0.0946. The van der Waals surface area contributed by atoms with Gasteiger partial charge in [0.2, 0.25) is 0 Å². The lowest BCUT2D eigenvalue weighted by Gasteiger charge is -2.33. The smallest absolute Gasteiger partial charge is 0.255 e. The molecule has 1 aliphatic heterocycles. The second-order valence-corrected chi connectivity index (χ2v) is 8.73. The first-order valence-corrected chi connectivity index (χ1v) is 11.5. The minimum atomic E-state index is -0.170. The van der Waals surface area contributed by atoms with Gasteiger partial charge >= 0.3 is 0 Å². The lowest BCUT2D eigenvalue weighted by Crippen LogP contribution is -2.44. The number of nitrogens with one attached hydrogen (secondary N) is 1. The van der Waals surface area contributed by atoms with Gasteiger partial charge < -0.3 is 19.9 Å². The molecule has 1 N–H and O–H groups in total. The number of anilines is 1. The summed E-state index contributed by atoms with van der Waals surface area (Å²) in [5, 5.41) is 2.98. The number of likely N-dealkylation sites (N-methyl/N-ethyl adjacent to an activating group) is 1. The first-order chi connectivity index (χ1) is 15.6. The van der Waals surface area contributed by atoms with Crippen molar-refractivity contribution in [3.8, 4) is 5.75 Å². The number of carbonyl (C=O) groups is 1. The highest BCUT2D eigenvalue weighted by molar-refractivity contribution is 9.10. The number of carbonyl (C=O) groups excluding carboxylic acids is 1. The largest absolute Gasteiger partial charge is 0.488 e. The molecule has 0 bridgehead atoms. The number of halogens is 1. The number of nitrogens with zero attached hydrogens (tertiary/aromatic N) is 3. The second kappa shape index (κ2) is 10.6. The van der Waals surface area contributed by atoms with Crippen LogP contribution in [0.4, 0.5) is 5.82 Å². The average molecular weight is 495 g/mol. The normalized spacial score (nSPS) is 14.2. The number of benzene rings is 2. The van der Waals surface area contributed by atoms with E-state index in [9.17, 15) is 4.79 Å². The minimum Gasteiger partial charge on any atom is -0.488 e. The van der Waals surface area contributed by atoms with Crippen LogP contribution >= 0.6 is 15.9 Å². The molecule has 166 valence electrons. The molecule has 7 heteroatoms. The van der Waals surface area contributed by atoms with Gasteiger partial charge in [0.15, 0.2) is 0 Å². The van der Waals surface area contributed by atoms with Crippen LogP contribution in [-0.4, -0.2) is 49.0 Å². The Kier molecular flexibility index (Phi) is 7.39. The van der Waals surface area contributed by atoms with Crippen molar-refractivity contribution in [2.75, 3.05) is 38.1 Å². The van der Waals surface area contributed by atoms with Crippen molar-refractivity contribution in [3.05, 3.63) is 88.0 Å². The van der Waals surface area contributed by atoms with E-state index in [1.54, 1.807) is 6.07 Å². The number of para-hydroxylation sites is 1. The fourth-order valence-corrected chi connectivity index (χ4v) is 3.97. The van der Waals surface area contributed by atoms with E-state index < -0.39 is 0 Å². The monoisotopic (exact) mass is 494 g/mol. The Balaban J connectivity index is 1.34. The minimum absolute atomic E-state index is 0.170. The summed E-state index contributed by atoms with van der Waals surface area (Å²) in [6, 6.07) is 19.2. The molecule has 0 aliphatic carbocycles. The van der Waals surface area contributed by atoms with E-state index in [0.29, 0.717) is 24.5 Å². The van der Waals surface area contributed by atoms with Gasteiger partial charge in [0.05, 0.1) is 5.56 Å². The van der Waals surface area contributed by atoms with Gasteiger partial charge in [0.25, 0.3) is 5.91 Å². The zero-order valence-electron chi connectivity index (χ0n) is 18.1. The molecule has 0 atom stereocenters. The Morgan fingerprint density at radius 2 is 1.78 bits per heavy atom. The molecule has 0 radical (unpaired) electrons. The van der Waals surface area contributed by atoms with Crippen LogP contribution in [0.2, 0.25) is 0 Å². The zero-order chi connectivity index (χ0) is 22.3. The quantitative estimate of drug-likeness (QED) is 0.535. The Labute approximate surface area is 197 Å². The summed E-state index contributed by atoms with van der Waals surface area (Å²) in [6.07, 6.45) is 1.84. The Morgan fingerprint density at radius 1 is 1.03 bits per heavy atom. The summed E-state index contributed by atoms with van der Waals surface area (Å²) in [4.78, 5) is 22.0. The van der Waals surface area contributed by atoms with Crippen LogP contribution in [0.15, 0.2) is 71.3 Å². The molecular formula is C25H27BrN4O2. The summed E-state index contributed by atoms with van der Waals surface area (Å²) in [5.74, 6) is 1.37. The van der Waals surface area contributed by atoms with Crippen LogP contribution in [-0.2, 0) is 13.2 Å². The maximum atomic E-state index is 12.8. The van der Waals surface area contributed by atoms with Gasteiger partial charge in [-0.25, -0.2) is 4.98 Å². The van der Waals surface area contributed by atoms with E-state index in [-0.39, 0.29) is 5.91 Å². The van der Waals surface area contributed by atoms with Gasteiger partial charge in [-0.1, -0.05) is 52.3 Å². The van der Waals surface area contributed by atoms with Crippen molar-refractivity contribution >= 4 is 27.7 Å². The number of piperazine rings is 1. The predicted octanol–water partition coefficient (Wildman–Crippen LogP) is 4.10. The van der Waals surface area contributed by atoms with E-state index in [1.165, 1.54) is 0 Å². The van der Waals surface area contributed by atoms with E-state index in [4.69, 9.17) is 4.74 Å². The maximum absolute atomic E-state index is 12.8. The SMILES string of the molecule is CN1CCN(c2ccc(CNC(=O)c3ccccc3OCc3ccccc3Br)cn2)CC1. The number of aromatic nitrogens is 1. The molecule has 2 aromatic carbocycles. The van der Waals surface area contributed by atoms with Crippen molar-refractivity contribution in [1.29, 1.82) is 0 Å². The lowest BCUT2D eigenvalue weighted by atomic mass is 10.1. The van der Waals surface area contributed by atoms with Gasteiger partial charge in [-0.2, -0.15) is 0 Å². The average Bonchev–Trinajstić information content (AvgIpc) is 2.83. The van der Waals surface area contributed by atoms with E-state index >= 15 is 0 Å². The molecule has 6 nitrogen and oxygen atoms in total. The van der Waals surface area contributed by atoms with Crippen molar-refractivity contribution < 1.29 is 9.53 Å². The topological polar surface area (TPSA) is 57.7 Å². The first kappa shape index (κ1) is 22.3. The molecule has 2 heterocycles. The molecule has 1 aromatic heterocycles. The van der Waals surface area contributed by atoms with Crippen molar-refractivity contribution in [1.82, 2.24) is 15.2 Å². The molecule has 0 saturated carbocycles. The Hall–Kier alpha value is -2.90. The number of ether oxygens (including phenoxy) is 1. The fraction of sp³-hybridized carbons (Fsp3) is 0.280. The molecule has 1 amide bonds. The molecule has 1 fully saturated rings. The van der Waals surface area contributed by atoms with E-state index in [0.717, 1.165) is 47.6 Å². The van der Waals surface area contributed by atoms with Crippen LogP contribution in [0.5, 0.6) is 5.75 Å². The van der Waals surface area contributed by atoms with Crippen LogP contribution in [0.3, 0.4) is 0 Å². The van der Waals surface area contributed by atoms with Crippen LogP contribution in [0, 0.1) is 0 Å². The highest BCUT2D eigenvalue weighted by Crippen LogP contribution is 2.22. The molecule has 3 aromatic rings. The summed E-state index contributed by atoms with van der Waals surface area (Å²) < 4.78 is 6.94. The van der Waals surface area contributed by atoms with Crippen LogP contribution in [0.25, 0.3) is 0 Å². The molecule has 0 spiro atoms. The predicted molar refractivity (Wildman–Crippen MR) is 130 cm³/mol. The standard InChI is InChI=1S/C25H27BrN4O2/c1-29-12-14-30(15-13-29)24-11-10-19(16-27-24)17-28-25(31)21-7-3-5-9-23(21)32-18-20-6-2-4-8-22(20)26/h2-11,16H,12-15,17-18H2,1H3,(H,28,31). The summed E-state index contributed by atoms with van der Waals surface area (Å²) >= 11 is 3.53. The maximum Gasteiger partial charge on any atom is 0.255 e. The second-order valence-electron chi connectivity index (χ2n) is 7.87. The van der Waals surface area contributed by atoms with Crippen molar-refractivity contribution in [2.45, 2.75) is 13.2 Å². The number of pyridine rings is 1. The third kappa shape index (κ3) is 5.66. The number of hydrogen-bond acceptors (Lipinski definition) is 5. The third-order valence-corrected chi connectivity index (χ3v) is 6.34. The molecule has 1 saturated heterocycles. The third-order valence-electron chi connectivity index (χ3n) is 5.56. The number of hydrogen-bond donors (Lipinski definition) is 1. The van der Waals surface area contributed by atoms with Gasteiger partial charge in [0, 0.05) is 49.0 Å². The number of amides is 1. The molecule has 4 rings (SSSR count). The Morgan fingerprint density at radius 3 is 2.53 bits per heavy atom. The molecule has 0 unspecified atom stereocenters. The van der Waals surface area contributed by atoms with Gasteiger partial charge in [0.1, 0.15) is 18.2 Å². The van der Waals surface area contributed by atoms with E-state index in [2.05, 4.69) is 43.1 Å². The summed E-state index contributed by atoms with van der Waals surface area (Å²) in [6.45, 7) is 4.84. The molecular weight excluding hydrogens is 468 g/mol. The highest BCUT2D eigenvalue weighted by atomic mass is 79.9. The Bertz CT molecular complexity index is 1050.